The molecule has 0 unspecified atom stereocenters. The first-order valence-corrected chi connectivity index (χ1v) is 6.49. The normalized spacial score (nSPS) is 16.9. The molecule has 1 aliphatic rings. The number of carbonyl (C=O) groups excluding carboxylic acids is 2. The van der Waals surface area contributed by atoms with Gasteiger partial charge in [-0.25, -0.2) is 0 Å². The molecule has 1 saturated heterocycles. The van der Waals surface area contributed by atoms with Crippen molar-refractivity contribution in [2.24, 2.45) is 5.92 Å². The highest BCUT2D eigenvalue weighted by Crippen LogP contribution is 2.18. The lowest BCUT2D eigenvalue weighted by molar-refractivity contribution is -0.138. The number of likely N-dealkylation sites (tertiary alicyclic amines) is 1. The summed E-state index contributed by atoms with van der Waals surface area (Å²) < 4.78 is 0. The minimum absolute atomic E-state index is 0.184. The maximum atomic E-state index is 12.2. The summed E-state index contributed by atoms with van der Waals surface area (Å²) in [6.07, 6.45) is 5.19. The molecule has 1 heterocycles. The average Bonchev–Trinajstić information content (AvgIpc) is 2.29. The molecule has 0 aromatic rings. The van der Waals surface area contributed by atoms with Crippen LogP contribution in [0.3, 0.4) is 0 Å². The van der Waals surface area contributed by atoms with Crippen molar-refractivity contribution < 1.29 is 9.59 Å². The number of carbonyl (C=O) groups is 2. The van der Waals surface area contributed by atoms with Gasteiger partial charge in [-0.3, -0.25) is 9.59 Å². The van der Waals surface area contributed by atoms with E-state index in [0.29, 0.717) is 31.7 Å². The topological polar surface area (TPSA) is 37.4 Å². The van der Waals surface area contributed by atoms with Gasteiger partial charge in [0.25, 0.3) is 0 Å². The number of nitrogens with zero attached hydrogens (tertiary/aromatic N) is 1. The van der Waals surface area contributed by atoms with Crippen LogP contribution in [0, 0.1) is 5.92 Å². The van der Waals surface area contributed by atoms with Crippen molar-refractivity contribution >= 4 is 11.7 Å². The molecule has 0 spiro atoms. The molecule has 0 aromatic heterocycles. The fourth-order valence-corrected chi connectivity index (χ4v) is 2.32. The molecule has 0 aromatic carbocycles. The van der Waals surface area contributed by atoms with Crippen molar-refractivity contribution in [1.82, 2.24) is 4.90 Å². The Bertz CT molecular complexity index is 234. The van der Waals surface area contributed by atoms with Crippen LogP contribution in [-0.2, 0) is 9.59 Å². The smallest absolute Gasteiger partial charge is 0.225 e. The predicted molar refractivity (Wildman–Crippen MR) is 64.1 cm³/mol. The van der Waals surface area contributed by atoms with Gasteiger partial charge < -0.3 is 4.90 Å². The molecule has 0 bridgehead atoms. The molecule has 1 amide bonds. The zero-order valence-electron chi connectivity index (χ0n) is 10.5. The summed E-state index contributed by atoms with van der Waals surface area (Å²) >= 11 is 0. The number of amides is 1. The summed E-state index contributed by atoms with van der Waals surface area (Å²) in [6, 6.07) is 0. The predicted octanol–water partition coefficient (Wildman–Crippen LogP) is 2.39. The van der Waals surface area contributed by atoms with Crippen molar-refractivity contribution in [3.8, 4) is 0 Å². The first-order valence-electron chi connectivity index (χ1n) is 6.49. The zero-order chi connectivity index (χ0) is 12.0. The second-order valence-electron chi connectivity index (χ2n) is 4.64. The third-order valence-electron chi connectivity index (χ3n) is 3.26. The Labute approximate surface area is 98.2 Å². The number of Topliss-reactive ketones (excluding diaryl/α,β-unsaturated/α-hetero) is 1. The Morgan fingerprint density at radius 1 is 1.19 bits per heavy atom. The van der Waals surface area contributed by atoms with Gasteiger partial charge in [0.05, 0.1) is 0 Å². The van der Waals surface area contributed by atoms with E-state index in [2.05, 4.69) is 13.8 Å². The Morgan fingerprint density at radius 2 is 1.69 bits per heavy atom. The lowest BCUT2D eigenvalue weighted by Crippen LogP contribution is -2.42. The molecule has 1 rings (SSSR count). The lowest BCUT2D eigenvalue weighted by Gasteiger charge is -2.29. The molecule has 0 radical (unpaired) electrons. The Hall–Kier alpha value is -0.860. The molecule has 0 N–H and O–H groups in total. The molecule has 0 aliphatic carbocycles. The molecule has 1 aliphatic heterocycles. The van der Waals surface area contributed by atoms with Crippen LogP contribution in [-0.4, -0.2) is 29.7 Å². The van der Waals surface area contributed by atoms with Gasteiger partial charge in [-0.2, -0.15) is 0 Å². The number of piperidine rings is 1. The minimum Gasteiger partial charge on any atom is -0.342 e. The van der Waals surface area contributed by atoms with E-state index in [0.717, 1.165) is 25.7 Å². The molecule has 0 atom stereocenters. The van der Waals surface area contributed by atoms with Crippen molar-refractivity contribution in [2.45, 2.75) is 52.4 Å². The summed E-state index contributed by atoms with van der Waals surface area (Å²) in [7, 11) is 0. The number of hydrogen-bond acceptors (Lipinski definition) is 2. The van der Waals surface area contributed by atoms with Crippen LogP contribution in [0.1, 0.15) is 52.4 Å². The van der Waals surface area contributed by atoms with Crippen molar-refractivity contribution in [2.75, 3.05) is 13.1 Å². The van der Waals surface area contributed by atoms with Gasteiger partial charge in [0, 0.05) is 31.8 Å². The molecular weight excluding hydrogens is 202 g/mol. The highest BCUT2D eigenvalue weighted by molar-refractivity contribution is 5.84. The molecule has 0 saturated carbocycles. The van der Waals surface area contributed by atoms with Gasteiger partial charge in [0.15, 0.2) is 0 Å². The summed E-state index contributed by atoms with van der Waals surface area (Å²) in [4.78, 5) is 25.2. The molecule has 3 nitrogen and oxygen atoms in total. The van der Waals surface area contributed by atoms with Gasteiger partial charge in [-0.05, 0) is 12.8 Å². The van der Waals surface area contributed by atoms with E-state index < -0.39 is 0 Å². The van der Waals surface area contributed by atoms with E-state index in [1.54, 1.807) is 0 Å². The molecule has 92 valence electrons. The van der Waals surface area contributed by atoms with Crippen molar-refractivity contribution in [1.29, 1.82) is 0 Å². The number of rotatable bonds is 5. The summed E-state index contributed by atoms with van der Waals surface area (Å²) in [5.74, 6) is 0.756. The molecule has 1 fully saturated rings. The Kier molecular flexibility index (Phi) is 5.50. The van der Waals surface area contributed by atoms with Crippen molar-refractivity contribution in [3.63, 3.8) is 0 Å². The maximum Gasteiger partial charge on any atom is 0.225 e. The minimum atomic E-state index is 0.184. The summed E-state index contributed by atoms with van der Waals surface area (Å²) in [6.45, 7) is 5.52. The van der Waals surface area contributed by atoms with E-state index in [4.69, 9.17) is 0 Å². The first kappa shape index (κ1) is 13.2. The number of hydrogen-bond donors (Lipinski definition) is 0. The van der Waals surface area contributed by atoms with Crippen LogP contribution >= 0.6 is 0 Å². The van der Waals surface area contributed by atoms with Crippen LogP contribution in [0.5, 0.6) is 0 Å². The van der Waals surface area contributed by atoms with Crippen LogP contribution in [0.2, 0.25) is 0 Å². The summed E-state index contributed by atoms with van der Waals surface area (Å²) in [5.41, 5.74) is 0. The maximum absolute atomic E-state index is 12.2. The van der Waals surface area contributed by atoms with E-state index in [1.807, 2.05) is 4.90 Å². The van der Waals surface area contributed by atoms with Gasteiger partial charge in [0.1, 0.15) is 5.78 Å². The highest BCUT2D eigenvalue weighted by Gasteiger charge is 2.26. The second kappa shape index (κ2) is 6.66. The Balaban J connectivity index is 2.49. The third kappa shape index (κ3) is 3.62. The van der Waals surface area contributed by atoms with E-state index in [-0.39, 0.29) is 11.8 Å². The summed E-state index contributed by atoms with van der Waals surface area (Å²) in [5, 5.41) is 0. The van der Waals surface area contributed by atoms with Gasteiger partial charge in [-0.1, -0.05) is 26.7 Å². The molecule has 16 heavy (non-hydrogen) atoms. The van der Waals surface area contributed by atoms with Crippen LogP contribution in [0.15, 0.2) is 0 Å². The standard InChI is InChI=1S/C13H23NO2/c1-3-5-11(6-4-2)13(16)14-9-7-12(15)8-10-14/h11H,3-10H2,1-2H3. The number of ketones is 1. The lowest BCUT2D eigenvalue weighted by atomic mass is 9.95. The molecule has 3 heteroatoms. The third-order valence-corrected chi connectivity index (χ3v) is 3.26. The highest BCUT2D eigenvalue weighted by atomic mass is 16.2. The van der Waals surface area contributed by atoms with Crippen LogP contribution in [0.25, 0.3) is 0 Å². The fourth-order valence-electron chi connectivity index (χ4n) is 2.32. The largest absolute Gasteiger partial charge is 0.342 e. The van der Waals surface area contributed by atoms with Gasteiger partial charge in [0.2, 0.25) is 5.91 Å². The van der Waals surface area contributed by atoms with Crippen LogP contribution in [0.4, 0.5) is 0 Å². The van der Waals surface area contributed by atoms with Crippen LogP contribution < -0.4 is 0 Å². The van der Waals surface area contributed by atoms with E-state index in [9.17, 15) is 9.59 Å². The zero-order valence-corrected chi connectivity index (χ0v) is 10.5. The Morgan fingerprint density at radius 3 is 2.12 bits per heavy atom. The first-order chi connectivity index (χ1) is 7.69. The average molecular weight is 225 g/mol. The SMILES string of the molecule is CCCC(CCC)C(=O)N1CCC(=O)CC1. The fraction of sp³-hybridized carbons (Fsp3) is 0.846. The molecular formula is C13H23NO2. The van der Waals surface area contributed by atoms with E-state index >= 15 is 0 Å². The van der Waals surface area contributed by atoms with Gasteiger partial charge in [-0.15, -0.1) is 0 Å². The van der Waals surface area contributed by atoms with Crippen molar-refractivity contribution in [3.05, 3.63) is 0 Å². The van der Waals surface area contributed by atoms with Gasteiger partial charge >= 0.3 is 0 Å². The van der Waals surface area contributed by atoms with E-state index in [1.165, 1.54) is 0 Å². The second-order valence-corrected chi connectivity index (χ2v) is 4.64. The quantitative estimate of drug-likeness (QED) is 0.720. The monoisotopic (exact) mass is 225 g/mol.